The molecule has 0 bridgehead atoms. The van der Waals surface area contributed by atoms with E-state index in [4.69, 9.17) is 14.2 Å². The third-order valence-electron chi connectivity index (χ3n) is 5.52. The van der Waals surface area contributed by atoms with Crippen LogP contribution >= 0.6 is 15.9 Å². The number of rotatable bonds is 5. The van der Waals surface area contributed by atoms with Crippen LogP contribution in [0.3, 0.4) is 0 Å². The van der Waals surface area contributed by atoms with E-state index in [1.807, 2.05) is 44.2 Å². The van der Waals surface area contributed by atoms with E-state index < -0.39 is 11.9 Å². The summed E-state index contributed by atoms with van der Waals surface area (Å²) in [5, 5.41) is 3.28. The molecular weight excluding hydrogens is 462 g/mol. The fourth-order valence-corrected chi connectivity index (χ4v) is 4.88. The van der Waals surface area contributed by atoms with Crippen molar-refractivity contribution in [1.29, 1.82) is 0 Å². The number of ketones is 1. The zero-order valence-electron chi connectivity index (χ0n) is 17.7. The second kappa shape index (κ2) is 8.23. The number of esters is 1. The van der Waals surface area contributed by atoms with Gasteiger partial charge >= 0.3 is 5.97 Å². The van der Waals surface area contributed by atoms with Crippen LogP contribution in [0.5, 0.6) is 11.5 Å². The Labute approximate surface area is 189 Å². The highest BCUT2D eigenvalue weighted by Gasteiger charge is 2.43. The number of fused-ring (bicyclic) bond motifs is 2. The first-order chi connectivity index (χ1) is 14.9. The molecule has 0 aromatic heterocycles. The summed E-state index contributed by atoms with van der Waals surface area (Å²) in [6.45, 7) is 4.14. The molecule has 0 radical (unpaired) electrons. The van der Waals surface area contributed by atoms with Gasteiger partial charge in [-0.15, -0.1) is 0 Å². The zero-order valence-corrected chi connectivity index (χ0v) is 19.3. The second-order valence-corrected chi connectivity index (χ2v) is 8.07. The maximum absolute atomic E-state index is 13.5. The molecule has 0 amide bonds. The van der Waals surface area contributed by atoms with E-state index in [1.54, 1.807) is 13.2 Å². The van der Waals surface area contributed by atoms with Crippen LogP contribution in [0.15, 0.2) is 57.7 Å². The van der Waals surface area contributed by atoms with Gasteiger partial charge in [-0.3, -0.25) is 4.79 Å². The third-order valence-corrected chi connectivity index (χ3v) is 6.11. The third kappa shape index (κ3) is 3.33. The smallest absolute Gasteiger partial charge is 0.336 e. The Balaban J connectivity index is 1.97. The highest BCUT2D eigenvalue weighted by Crippen LogP contribution is 2.49. The molecule has 1 heterocycles. The zero-order chi connectivity index (χ0) is 22.3. The van der Waals surface area contributed by atoms with Gasteiger partial charge in [0.2, 0.25) is 0 Å². The lowest BCUT2D eigenvalue weighted by Gasteiger charge is -2.29. The van der Waals surface area contributed by atoms with Gasteiger partial charge in [0.1, 0.15) is 0 Å². The molecule has 0 fully saturated rings. The summed E-state index contributed by atoms with van der Waals surface area (Å²) < 4.78 is 17.0. The van der Waals surface area contributed by atoms with Gasteiger partial charge in [-0.05, 0) is 47.5 Å². The van der Waals surface area contributed by atoms with E-state index in [-0.39, 0.29) is 5.78 Å². The van der Waals surface area contributed by atoms with Gasteiger partial charge < -0.3 is 19.5 Å². The Bertz CT molecular complexity index is 1160. The summed E-state index contributed by atoms with van der Waals surface area (Å²) >= 11 is 3.55. The van der Waals surface area contributed by atoms with Crippen LogP contribution < -0.4 is 14.8 Å². The maximum Gasteiger partial charge on any atom is 0.336 e. The minimum atomic E-state index is -0.620. The van der Waals surface area contributed by atoms with E-state index >= 15 is 0 Å². The van der Waals surface area contributed by atoms with E-state index in [0.717, 1.165) is 16.8 Å². The summed E-state index contributed by atoms with van der Waals surface area (Å²) in [6, 6.07) is 11.1. The summed E-state index contributed by atoms with van der Waals surface area (Å²) in [5.41, 5.74) is 4.44. The van der Waals surface area contributed by atoms with Crippen molar-refractivity contribution in [3.63, 3.8) is 0 Å². The van der Waals surface area contributed by atoms with Crippen LogP contribution in [0, 0.1) is 0 Å². The minimum Gasteiger partial charge on any atom is -0.492 e. The molecule has 4 rings (SSSR count). The van der Waals surface area contributed by atoms with Crippen molar-refractivity contribution in [2.45, 2.75) is 19.8 Å². The second-order valence-electron chi connectivity index (χ2n) is 7.22. The number of ether oxygens (including phenoxy) is 3. The van der Waals surface area contributed by atoms with Crippen molar-refractivity contribution in [3.8, 4) is 11.5 Å². The number of Topliss-reactive ketones (excluding diaryl/α,β-unsaturated/α-hetero) is 1. The average Bonchev–Trinajstić information content (AvgIpc) is 3.04. The van der Waals surface area contributed by atoms with Gasteiger partial charge in [-0.25, -0.2) is 4.79 Å². The van der Waals surface area contributed by atoms with Crippen molar-refractivity contribution < 1.29 is 23.8 Å². The summed E-state index contributed by atoms with van der Waals surface area (Å²) in [6.07, 6.45) is 0. The SMILES string of the molecule is CCOc1cc([C@@H]2C(C(=O)OC)=C(C)NC3=C2C(=O)c2ccccc23)cc(Br)c1OC. The highest BCUT2D eigenvalue weighted by atomic mass is 79.9. The van der Waals surface area contributed by atoms with Crippen molar-refractivity contribution in [1.82, 2.24) is 5.32 Å². The predicted octanol–water partition coefficient (Wildman–Crippen LogP) is 4.60. The largest absolute Gasteiger partial charge is 0.492 e. The molecule has 7 heteroatoms. The molecule has 0 spiro atoms. The number of dihydropyridines is 1. The van der Waals surface area contributed by atoms with Gasteiger partial charge in [-0.1, -0.05) is 24.3 Å². The normalized spacial score (nSPS) is 17.2. The number of halogens is 1. The molecule has 31 heavy (non-hydrogen) atoms. The van der Waals surface area contributed by atoms with Gasteiger partial charge in [0, 0.05) is 28.3 Å². The molecule has 6 nitrogen and oxygen atoms in total. The van der Waals surface area contributed by atoms with Crippen molar-refractivity contribution in [2.24, 2.45) is 0 Å². The Morgan fingerprint density at radius 2 is 1.87 bits per heavy atom. The minimum absolute atomic E-state index is 0.109. The number of benzene rings is 2. The van der Waals surface area contributed by atoms with Gasteiger partial charge in [0.25, 0.3) is 0 Å². The lowest BCUT2D eigenvalue weighted by Crippen LogP contribution is -2.29. The van der Waals surface area contributed by atoms with Gasteiger partial charge in [0.05, 0.1) is 36.6 Å². The standard InChI is InChI=1S/C24H22BrNO5/c1-5-31-17-11-13(10-16(25)23(17)29-3)19-18(24(28)30-4)12(2)26-21-14-8-6-7-9-15(14)22(27)20(19)21/h6-11,19,26H,5H2,1-4H3/t19-/m1/s1. The predicted molar refractivity (Wildman–Crippen MR) is 120 cm³/mol. The fraction of sp³-hybridized carbons (Fsp3) is 0.250. The van der Waals surface area contributed by atoms with Crippen LogP contribution in [0.25, 0.3) is 5.70 Å². The van der Waals surface area contributed by atoms with E-state index in [1.165, 1.54) is 7.11 Å². The molecule has 1 aliphatic heterocycles. The van der Waals surface area contributed by atoms with E-state index in [2.05, 4.69) is 21.2 Å². The lowest BCUT2D eigenvalue weighted by atomic mass is 9.79. The molecule has 1 N–H and O–H groups in total. The maximum atomic E-state index is 13.5. The van der Waals surface area contributed by atoms with Crippen molar-refractivity contribution in [3.05, 3.63) is 74.4 Å². The first-order valence-electron chi connectivity index (χ1n) is 9.87. The lowest BCUT2D eigenvalue weighted by molar-refractivity contribution is -0.136. The molecule has 160 valence electrons. The fourth-order valence-electron chi connectivity index (χ4n) is 4.26. The monoisotopic (exact) mass is 483 g/mol. The number of carbonyl (C=O) groups excluding carboxylic acids is 2. The van der Waals surface area contributed by atoms with Crippen LogP contribution in [0.2, 0.25) is 0 Å². The van der Waals surface area contributed by atoms with Gasteiger partial charge in [0.15, 0.2) is 17.3 Å². The number of hydrogen-bond acceptors (Lipinski definition) is 6. The molecular formula is C24H22BrNO5. The molecule has 1 atom stereocenters. The number of nitrogens with one attached hydrogen (secondary N) is 1. The van der Waals surface area contributed by atoms with E-state index in [0.29, 0.717) is 45.0 Å². The molecule has 0 saturated carbocycles. The average molecular weight is 484 g/mol. The van der Waals surface area contributed by atoms with Crippen LogP contribution in [0.4, 0.5) is 0 Å². The van der Waals surface area contributed by atoms with Crippen LogP contribution in [0.1, 0.15) is 41.3 Å². The van der Waals surface area contributed by atoms with Crippen molar-refractivity contribution >= 4 is 33.4 Å². The van der Waals surface area contributed by atoms with E-state index in [9.17, 15) is 9.59 Å². The molecule has 2 aliphatic rings. The first kappa shape index (κ1) is 21.2. The Kier molecular flexibility index (Phi) is 5.62. The molecule has 1 aliphatic carbocycles. The summed E-state index contributed by atoms with van der Waals surface area (Å²) in [4.78, 5) is 26.3. The number of hydrogen-bond donors (Lipinski definition) is 1. The first-order valence-corrected chi connectivity index (χ1v) is 10.7. The Morgan fingerprint density at radius 3 is 2.52 bits per heavy atom. The molecule has 0 unspecified atom stereocenters. The Hall–Kier alpha value is -3.06. The number of carbonyl (C=O) groups is 2. The topological polar surface area (TPSA) is 73.9 Å². The van der Waals surface area contributed by atoms with Crippen molar-refractivity contribution in [2.75, 3.05) is 20.8 Å². The summed E-state index contributed by atoms with van der Waals surface area (Å²) in [5.74, 6) is -0.142. The van der Waals surface area contributed by atoms with Gasteiger partial charge in [-0.2, -0.15) is 0 Å². The van der Waals surface area contributed by atoms with Crippen LogP contribution in [-0.2, 0) is 9.53 Å². The Morgan fingerprint density at radius 1 is 1.16 bits per heavy atom. The molecule has 0 saturated heterocycles. The quantitative estimate of drug-likeness (QED) is 0.626. The highest BCUT2D eigenvalue weighted by molar-refractivity contribution is 9.10. The summed E-state index contributed by atoms with van der Waals surface area (Å²) in [7, 11) is 2.90. The number of allylic oxidation sites excluding steroid dienone is 2. The molecule has 2 aromatic carbocycles. The van der Waals surface area contributed by atoms with Crippen LogP contribution in [-0.4, -0.2) is 32.6 Å². The number of methoxy groups -OCH3 is 2. The molecule has 2 aromatic rings.